The molecule has 3 rings (SSSR count). The summed E-state index contributed by atoms with van der Waals surface area (Å²) in [5.41, 5.74) is 1.07. The molecule has 2 amide bonds. The van der Waals surface area contributed by atoms with E-state index in [9.17, 15) is 9.59 Å². The molecule has 0 aliphatic rings. The van der Waals surface area contributed by atoms with Crippen molar-refractivity contribution >= 4 is 34.2 Å². The summed E-state index contributed by atoms with van der Waals surface area (Å²) in [6.07, 6.45) is 0. The third kappa shape index (κ3) is 4.58. The molecule has 3 aromatic rings. The minimum Gasteiger partial charge on any atom is -0.383 e. The number of aromatic nitrogens is 2. The molecule has 2 aromatic carbocycles. The summed E-state index contributed by atoms with van der Waals surface area (Å²) in [5, 5.41) is 3.95. The van der Waals surface area contributed by atoms with E-state index in [1.165, 1.54) is 4.90 Å². The van der Waals surface area contributed by atoms with Gasteiger partial charge in [0.2, 0.25) is 0 Å². The molecule has 0 fully saturated rings. The molecule has 0 spiro atoms. The largest absolute Gasteiger partial charge is 0.383 e. The minimum absolute atomic E-state index is 0.152. The van der Waals surface area contributed by atoms with Gasteiger partial charge in [0.25, 0.3) is 5.56 Å². The Bertz CT molecular complexity index is 1070. The number of hydrogen-bond acceptors (Lipinski definition) is 4. The van der Waals surface area contributed by atoms with Gasteiger partial charge in [-0.25, -0.2) is 9.78 Å². The van der Waals surface area contributed by atoms with Crippen LogP contribution in [0.2, 0.25) is 5.02 Å². The van der Waals surface area contributed by atoms with Crippen molar-refractivity contribution < 1.29 is 9.53 Å². The van der Waals surface area contributed by atoms with Gasteiger partial charge in [0, 0.05) is 24.9 Å². The molecule has 1 N–H and O–H groups in total. The Morgan fingerprint density at radius 1 is 1.24 bits per heavy atom. The fourth-order valence-electron chi connectivity index (χ4n) is 3.00. The predicted octanol–water partition coefficient (Wildman–Crippen LogP) is 3.92. The highest BCUT2D eigenvalue weighted by Crippen LogP contribution is 2.20. The zero-order valence-electron chi connectivity index (χ0n) is 16.6. The van der Waals surface area contributed by atoms with E-state index in [4.69, 9.17) is 16.3 Å². The Hall–Kier alpha value is -2.90. The maximum Gasteiger partial charge on any atom is 0.322 e. The normalized spacial score (nSPS) is 12.0. The second kappa shape index (κ2) is 9.07. The molecule has 1 heterocycles. The smallest absolute Gasteiger partial charge is 0.322 e. The second-order valence-corrected chi connectivity index (χ2v) is 7.10. The number of para-hydroxylation sites is 1. The summed E-state index contributed by atoms with van der Waals surface area (Å²) in [7, 11) is 3.24. The van der Waals surface area contributed by atoms with Crippen LogP contribution < -0.4 is 10.9 Å². The zero-order valence-corrected chi connectivity index (χ0v) is 17.3. The Kier molecular flexibility index (Phi) is 6.51. The number of nitrogens with one attached hydrogen (secondary N) is 1. The quantitative estimate of drug-likeness (QED) is 0.663. The number of hydrogen-bond donors (Lipinski definition) is 1. The number of nitrogens with zero attached hydrogens (tertiary/aromatic N) is 3. The Labute approximate surface area is 173 Å². The van der Waals surface area contributed by atoms with Gasteiger partial charge in [-0.15, -0.1) is 0 Å². The molecule has 0 saturated heterocycles. The SMILES string of the molecule is COCCn1c(C(C)N(C)C(=O)Nc2ccc(Cl)cc2)nc2ccccc2c1=O. The number of carbonyl (C=O) groups is 1. The first kappa shape index (κ1) is 20.8. The van der Waals surface area contributed by atoms with Gasteiger partial charge in [-0.3, -0.25) is 9.36 Å². The monoisotopic (exact) mass is 414 g/mol. The van der Waals surface area contributed by atoms with E-state index in [-0.39, 0.29) is 11.6 Å². The van der Waals surface area contributed by atoms with E-state index in [1.807, 2.05) is 13.0 Å². The lowest BCUT2D eigenvalue weighted by atomic mass is 10.2. The number of benzene rings is 2. The van der Waals surface area contributed by atoms with Crippen LogP contribution >= 0.6 is 11.6 Å². The molecule has 8 heteroatoms. The maximum absolute atomic E-state index is 13.0. The van der Waals surface area contributed by atoms with Gasteiger partial charge in [-0.2, -0.15) is 0 Å². The number of methoxy groups -OCH3 is 1. The van der Waals surface area contributed by atoms with Gasteiger partial charge >= 0.3 is 6.03 Å². The van der Waals surface area contributed by atoms with Crippen LogP contribution in [0.15, 0.2) is 53.3 Å². The van der Waals surface area contributed by atoms with E-state index in [1.54, 1.807) is 61.2 Å². The van der Waals surface area contributed by atoms with Gasteiger partial charge in [0.05, 0.1) is 30.1 Å². The van der Waals surface area contributed by atoms with Crippen molar-refractivity contribution in [1.82, 2.24) is 14.5 Å². The van der Waals surface area contributed by atoms with Crippen molar-refractivity contribution in [3.8, 4) is 0 Å². The molecular formula is C21H23ClN4O3. The Morgan fingerprint density at radius 3 is 2.62 bits per heavy atom. The van der Waals surface area contributed by atoms with Crippen LogP contribution in [0, 0.1) is 0 Å². The number of carbonyl (C=O) groups excluding carboxylic acids is 1. The predicted molar refractivity (Wildman–Crippen MR) is 115 cm³/mol. The van der Waals surface area contributed by atoms with Crippen molar-refractivity contribution in [1.29, 1.82) is 0 Å². The highest BCUT2D eigenvalue weighted by molar-refractivity contribution is 6.30. The average Bonchev–Trinajstić information content (AvgIpc) is 2.73. The first-order valence-electron chi connectivity index (χ1n) is 9.20. The van der Waals surface area contributed by atoms with E-state index in [2.05, 4.69) is 10.3 Å². The number of halogens is 1. The standard InChI is InChI=1S/C21H23ClN4O3/c1-14(25(2)21(28)23-16-10-8-15(22)9-11-16)19-24-18-7-5-4-6-17(18)20(27)26(19)12-13-29-3/h4-11,14H,12-13H2,1-3H3,(H,23,28). The highest BCUT2D eigenvalue weighted by Gasteiger charge is 2.23. The third-order valence-electron chi connectivity index (χ3n) is 4.78. The van der Waals surface area contributed by atoms with Crippen molar-refractivity contribution in [2.75, 3.05) is 26.1 Å². The van der Waals surface area contributed by atoms with Gasteiger partial charge < -0.3 is 15.0 Å². The summed E-state index contributed by atoms with van der Waals surface area (Å²) in [6, 6.07) is 13.3. The lowest BCUT2D eigenvalue weighted by Crippen LogP contribution is -2.38. The molecular weight excluding hydrogens is 392 g/mol. The fourth-order valence-corrected chi connectivity index (χ4v) is 3.12. The first-order valence-corrected chi connectivity index (χ1v) is 9.58. The van der Waals surface area contributed by atoms with E-state index in [0.29, 0.717) is 40.6 Å². The first-order chi connectivity index (χ1) is 13.9. The molecule has 1 aromatic heterocycles. The average molecular weight is 415 g/mol. The number of ether oxygens (including phenoxy) is 1. The number of rotatable bonds is 6. The van der Waals surface area contributed by atoms with Gasteiger partial charge in [-0.1, -0.05) is 23.7 Å². The molecule has 0 aliphatic heterocycles. The molecule has 1 unspecified atom stereocenters. The van der Waals surface area contributed by atoms with Crippen LogP contribution in [-0.2, 0) is 11.3 Å². The van der Waals surface area contributed by atoms with Crippen LogP contribution in [0.1, 0.15) is 18.8 Å². The van der Waals surface area contributed by atoms with Crippen LogP contribution in [-0.4, -0.2) is 41.2 Å². The maximum atomic E-state index is 13.0. The molecule has 1 atom stereocenters. The van der Waals surface area contributed by atoms with Crippen molar-refractivity contribution in [3.63, 3.8) is 0 Å². The number of amides is 2. The molecule has 0 saturated carbocycles. The fraction of sp³-hybridized carbons (Fsp3) is 0.286. The zero-order chi connectivity index (χ0) is 21.0. The van der Waals surface area contributed by atoms with Crippen LogP contribution in [0.25, 0.3) is 10.9 Å². The summed E-state index contributed by atoms with van der Waals surface area (Å²) in [4.78, 5) is 31.9. The van der Waals surface area contributed by atoms with E-state index in [0.717, 1.165) is 0 Å². The van der Waals surface area contributed by atoms with Crippen LogP contribution in [0.3, 0.4) is 0 Å². The van der Waals surface area contributed by atoms with Gasteiger partial charge in [0.15, 0.2) is 0 Å². The van der Waals surface area contributed by atoms with E-state index < -0.39 is 6.04 Å². The van der Waals surface area contributed by atoms with Crippen LogP contribution in [0.5, 0.6) is 0 Å². The molecule has 152 valence electrons. The topological polar surface area (TPSA) is 76.5 Å². The Balaban J connectivity index is 1.93. The van der Waals surface area contributed by atoms with Crippen molar-refractivity contribution in [2.45, 2.75) is 19.5 Å². The Morgan fingerprint density at radius 2 is 1.93 bits per heavy atom. The van der Waals surface area contributed by atoms with Gasteiger partial charge in [0.1, 0.15) is 5.82 Å². The van der Waals surface area contributed by atoms with Crippen LogP contribution in [0.4, 0.5) is 10.5 Å². The molecule has 7 nitrogen and oxygen atoms in total. The number of fused-ring (bicyclic) bond motifs is 1. The highest BCUT2D eigenvalue weighted by atomic mass is 35.5. The summed E-state index contributed by atoms with van der Waals surface area (Å²) in [5.74, 6) is 0.500. The van der Waals surface area contributed by atoms with Crippen molar-refractivity contribution in [3.05, 3.63) is 69.7 Å². The van der Waals surface area contributed by atoms with E-state index >= 15 is 0 Å². The molecule has 29 heavy (non-hydrogen) atoms. The van der Waals surface area contributed by atoms with Gasteiger partial charge in [-0.05, 0) is 43.3 Å². The molecule has 0 radical (unpaired) electrons. The second-order valence-electron chi connectivity index (χ2n) is 6.66. The third-order valence-corrected chi connectivity index (χ3v) is 5.03. The van der Waals surface area contributed by atoms with Crippen molar-refractivity contribution in [2.24, 2.45) is 0 Å². The summed E-state index contributed by atoms with van der Waals surface area (Å²) >= 11 is 5.89. The lowest BCUT2D eigenvalue weighted by Gasteiger charge is -2.27. The minimum atomic E-state index is -0.448. The molecule has 0 aliphatic carbocycles. The summed E-state index contributed by atoms with van der Waals surface area (Å²) in [6.45, 7) is 2.54. The number of urea groups is 1. The summed E-state index contributed by atoms with van der Waals surface area (Å²) < 4.78 is 6.72. The lowest BCUT2D eigenvalue weighted by molar-refractivity contribution is 0.180. The molecule has 0 bridgehead atoms. The number of anilines is 1.